The molecule has 0 radical (unpaired) electrons. The van der Waals surface area contributed by atoms with Crippen molar-refractivity contribution in [3.8, 4) is 0 Å². The number of rotatable bonds is 11. The van der Waals surface area contributed by atoms with Crippen LogP contribution in [0.15, 0.2) is 48.5 Å². The van der Waals surface area contributed by atoms with Gasteiger partial charge in [-0.3, -0.25) is 9.59 Å². The van der Waals surface area contributed by atoms with Crippen molar-refractivity contribution in [2.75, 3.05) is 12.3 Å². The molecular formula is C24H31ClN2O2S. The summed E-state index contributed by atoms with van der Waals surface area (Å²) in [7, 11) is 0. The van der Waals surface area contributed by atoms with Crippen molar-refractivity contribution < 1.29 is 9.59 Å². The minimum atomic E-state index is -0.548. The van der Waals surface area contributed by atoms with Crippen molar-refractivity contribution in [2.24, 2.45) is 0 Å². The van der Waals surface area contributed by atoms with Crippen LogP contribution in [0.25, 0.3) is 0 Å². The number of unbranched alkanes of at least 4 members (excludes halogenated alkanes) is 1. The van der Waals surface area contributed by atoms with E-state index in [4.69, 9.17) is 11.6 Å². The molecule has 0 heterocycles. The summed E-state index contributed by atoms with van der Waals surface area (Å²) in [4.78, 5) is 27.3. The third-order valence-corrected chi connectivity index (χ3v) is 6.04. The molecule has 2 amide bonds. The molecule has 2 rings (SSSR count). The van der Waals surface area contributed by atoms with E-state index in [0.717, 1.165) is 24.2 Å². The fraction of sp³-hybridized carbons (Fsp3) is 0.417. The van der Waals surface area contributed by atoms with Crippen LogP contribution in [-0.4, -0.2) is 35.1 Å². The highest BCUT2D eigenvalue weighted by Gasteiger charge is 2.25. The van der Waals surface area contributed by atoms with E-state index in [-0.39, 0.29) is 11.8 Å². The molecule has 2 aromatic rings. The number of hydrogen-bond acceptors (Lipinski definition) is 3. The summed E-state index contributed by atoms with van der Waals surface area (Å²) in [6.07, 6.45) is 1.93. The summed E-state index contributed by atoms with van der Waals surface area (Å²) < 4.78 is 0. The van der Waals surface area contributed by atoms with Gasteiger partial charge in [0.05, 0.1) is 5.75 Å². The fourth-order valence-electron chi connectivity index (χ4n) is 3.09. The van der Waals surface area contributed by atoms with Gasteiger partial charge in [-0.1, -0.05) is 66.9 Å². The number of thioether (sulfide) groups is 1. The second-order valence-corrected chi connectivity index (χ2v) is 8.88. The lowest BCUT2D eigenvalue weighted by Gasteiger charge is -2.29. The third-order valence-electron chi connectivity index (χ3n) is 4.82. The van der Waals surface area contributed by atoms with Crippen molar-refractivity contribution in [2.45, 2.75) is 52.0 Å². The first-order chi connectivity index (χ1) is 14.4. The molecule has 0 fully saturated rings. The number of carbonyl (C=O) groups is 2. The van der Waals surface area contributed by atoms with Gasteiger partial charge >= 0.3 is 0 Å². The maximum Gasteiger partial charge on any atom is 0.242 e. The van der Waals surface area contributed by atoms with Gasteiger partial charge in [0.2, 0.25) is 11.8 Å². The van der Waals surface area contributed by atoms with Crippen molar-refractivity contribution >= 4 is 35.2 Å². The van der Waals surface area contributed by atoms with Crippen LogP contribution in [0.4, 0.5) is 0 Å². The lowest BCUT2D eigenvalue weighted by molar-refractivity contribution is -0.138. The number of benzene rings is 2. The van der Waals surface area contributed by atoms with E-state index in [1.165, 1.54) is 11.1 Å². The lowest BCUT2D eigenvalue weighted by atomic mass is 10.1. The van der Waals surface area contributed by atoms with Crippen molar-refractivity contribution in [1.82, 2.24) is 10.2 Å². The first-order valence-electron chi connectivity index (χ1n) is 10.4. The number of amides is 2. The first kappa shape index (κ1) is 24.3. The zero-order valence-electron chi connectivity index (χ0n) is 18.0. The molecule has 4 nitrogen and oxygen atoms in total. The molecule has 6 heteroatoms. The first-order valence-corrected chi connectivity index (χ1v) is 11.9. The average Bonchev–Trinajstić information content (AvgIpc) is 2.71. The summed E-state index contributed by atoms with van der Waals surface area (Å²) in [6.45, 7) is 6.91. The highest BCUT2D eigenvalue weighted by molar-refractivity contribution is 7.99. The van der Waals surface area contributed by atoms with Crippen LogP contribution in [0.3, 0.4) is 0 Å². The van der Waals surface area contributed by atoms with E-state index in [9.17, 15) is 9.59 Å². The van der Waals surface area contributed by atoms with Gasteiger partial charge in [-0.15, -0.1) is 11.8 Å². The Morgan fingerprint density at radius 2 is 1.87 bits per heavy atom. The van der Waals surface area contributed by atoms with Gasteiger partial charge < -0.3 is 10.2 Å². The largest absolute Gasteiger partial charge is 0.354 e. The second kappa shape index (κ2) is 12.7. The van der Waals surface area contributed by atoms with E-state index in [2.05, 4.69) is 37.4 Å². The van der Waals surface area contributed by atoms with Crippen molar-refractivity contribution in [1.29, 1.82) is 0 Å². The maximum absolute atomic E-state index is 13.1. The van der Waals surface area contributed by atoms with Crippen LogP contribution < -0.4 is 5.32 Å². The van der Waals surface area contributed by atoms with Crippen LogP contribution in [0.1, 0.15) is 43.4 Å². The van der Waals surface area contributed by atoms with Gasteiger partial charge in [-0.2, -0.15) is 0 Å². The topological polar surface area (TPSA) is 49.4 Å². The number of aryl methyl sites for hydroxylation is 1. The Labute approximate surface area is 189 Å². The van der Waals surface area contributed by atoms with Crippen LogP contribution in [0, 0.1) is 6.92 Å². The third kappa shape index (κ3) is 8.04. The predicted molar refractivity (Wildman–Crippen MR) is 127 cm³/mol. The molecule has 0 saturated carbocycles. The number of halogens is 1. The van der Waals surface area contributed by atoms with Crippen LogP contribution in [0.2, 0.25) is 5.02 Å². The molecule has 2 aromatic carbocycles. The van der Waals surface area contributed by atoms with Gasteiger partial charge in [0, 0.05) is 23.9 Å². The molecule has 1 N–H and O–H groups in total. The Kier molecular flexibility index (Phi) is 10.2. The molecule has 1 unspecified atom stereocenters. The molecule has 0 spiro atoms. The van der Waals surface area contributed by atoms with Gasteiger partial charge in [0.15, 0.2) is 0 Å². The Morgan fingerprint density at radius 1 is 1.13 bits per heavy atom. The SMILES string of the molecule is CCCCNC(=O)C(C)N(Cc1cccc(Cl)c1)C(=O)CSCc1cccc(C)c1. The molecule has 0 aliphatic carbocycles. The van der Waals surface area contributed by atoms with Crippen molar-refractivity contribution in [3.05, 3.63) is 70.2 Å². The standard InChI is InChI=1S/C24H31ClN2O2S/c1-4-5-12-26-24(29)19(3)27(15-20-9-7-11-22(25)14-20)23(28)17-30-16-21-10-6-8-18(2)13-21/h6-11,13-14,19H,4-5,12,15-17H2,1-3H3,(H,26,29). The van der Waals surface area contributed by atoms with E-state index in [1.54, 1.807) is 29.7 Å². The smallest absolute Gasteiger partial charge is 0.242 e. The van der Waals surface area contributed by atoms with Crippen molar-refractivity contribution in [3.63, 3.8) is 0 Å². The van der Waals surface area contributed by atoms with Crippen LogP contribution >= 0.6 is 23.4 Å². The summed E-state index contributed by atoms with van der Waals surface area (Å²) in [5.74, 6) is 0.907. The molecule has 0 bridgehead atoms. The quantitative estimate of drug-likeness (QED) is 0.481. The summed E-state index contributed by atoms with van der Waals surface area (Å²) in [6, 6.07) is 15.2. The predicted octanol–water partition coefficient (Wildman–Crippen LogP) is 5.22. The summed E-state index contributed by atoms with van der Waals surface area (Å²) in [5, 5.41) is 3.56. The van der Waals surface area contributed by atoms with Gasteiger partial charge in [-0.05, 0) is 43.5 Å². The highest BCUT2D eigenvalue weighted by atomic mass is 35.5. The molecule has 0 aliphatic rings. The molecule has 162 valence electrons. The zero-order valence-corrected chi connectivity index (χ0v) is 19.6. The number of carbonyl (C=O) groups excluding carboxylic acids is 2. The molecule has 0 aliphatic heterocycles. The molecule has 0 aromatic heterocycles. The summed E-state index contributed by atoms with van der Waals surface area (Å²) >= 11 is 7.68. The van der Waals surface area contributed by atoms with E-state index in [0.29, 0.717) is 23.9 Å². The monoisotopic (exact) mass is 446 g/mol. The highest BCUT2D eigenvalue weighted by Crippen LogP contribution is 2.18. The fourth-order valence-corrected chi connectivity index (χ4v) is 4.16. The minimum Gasteiger partial charge on any atom is -0.354 e. The molecular weight excluding hydrogens is 416 g/mol. The normalized spacial score (nSPS) is 11.7. The Morgan fingerprint density at radius 3 is 2.57 bits per heavy atom. The lowest BCUT2D eigenvalue weighted by Crippen LogP contribution is -2.48. The Balaban J connectivity index is 2.04. The molecule has 30 heavy (non-hydrogen) atoms. The maximum atomic E-state index is 13.1. The molecule has 0 saturated heterocycles. The van der Waals surface area contributed by atoms with Crippen LogP contribution in [-0.2, 0) is 21.9 Å². The van der Waals surface area contributed by atoms with Gasteiger partial charge in [0.25, 0.3) is 0 Å². The number of nitrogens with one attached hydrogen (secondary N) is 1. The second-order valence-electron chi connectivity index (χ2n) is 7.45. The van der Waals surface area contributed by atoms with E-state index in [1.807, 2.05) is 24.3 Å². The number of nitrogens with zero attached hydrogens (tertiary/aromatic N) is 1. The molecule has 1 atom stereocenters. The summed E-state index contributed by atoms with van der Waals surface area (Å²) in [5.41, 5.74) is 3.31. The van der Waals surface area contributed by atoms with E-state index >= 15 is 0 Å². The zero-order chi connectivity index (χ0) is 21.9. The average molecular weight is 447 g/mol. The van der Waals surface area contributed by atoms with E-state index < -0.39 is 6.04 Å². The van der Waals surface area contributed by atoms with Gasteiger partial charge in [-0.25, -0.2) is 0 Å². The van der Waals surface area contributed by atoms with Gasteiger partial charge in [0.1, 0.15) is 6.04 Å². The Bertz CT molecular complexity index is 843. The number of hydrogen-bond donors (Lipinski definition) is 1. The minimum absolute atomic E-state index is 0.0502. The Hall–Kier alpha value is -1.98. The van der Waals surface area contributed by atoms with Crippen LogP contribution in [0.5, 0.6) is 0 Å².